The Bertz CT molecular complexity index is 590. The molecule has 0 unspecified atom stereocenters. The minimum absolute atomic E-state index is 0.112. The number of hydrogen-bond donors (Lipinski definition) is 0. The van der Waals surface area contributed by atoms with Crippen molar-refractivity contribution < 1.29 is 22.0 Å². The van der Waals surface area contributed by atoms with Gasteiger partial charge in [0.15, 0.2) is 9.84 Å². The molecule has 0 atom stereocenters. The maximum atomic E-state index is 13.4. The third-order valence-electron chi connectivity index (χ3n) is 3.54. The zero-order valence-corrected chi connectivity index (χ0v) is 13.8. The summed E-state index contributed by atoms with van der Waals surface area (Å²) in [5.74, 6) is -1.55. The molecule has 1 rings (SSSR count). The number of carbonyl (C=O) groups excluding carboxylic acids is 1. The van der Waals surface area contributed by atoms with Crippen LogP contribution < -0.4 is 0 Å². The average molecular weight is 332 g/mol. The Morgan fingerprint density at radius 1 is 1.09 bits per heavy atom. The number of Topliss-reactive ketones (excluding diaryl/α,β-unsaturated/α-hetero) is 1. The maximum absolute atomic E-state index is 13.4. The van der Waals surface area contributed by atoms with E-state index < -0.39 is 26.7 Å². The molecule has 1 aromatic rings. The molecule has 0 aliphatic rings. The van der Waals surface area contributed by atoms with Gasteiger partial charge in [-0.15, -0.1) is 0 Å². The minimum Gasteiger partial charge on any atom is -0.299 e. The normalized spacial score (nSPS) is 11.9. The zero-order valence-electron chi connectivity index (χ0n) is 12.9. The Labute approximate surface area is 130 Å². The molecule has 124 valence electrons. The van der Waals surface area contributed by atoms with Crippen molar-refractivity contribution in [3.8, 4) is 0 Å². The lowest BCUT2D eigenvalue weighted by Gasteiger charge is -2.07. The molecule has 0 fully saturated rings. The van der Waals surface area contributed by atoms with Gasteiger partial charge in [0.25, 0.3) is 0 Å². The second kappa shape index (κ2) is 8.36. The predicted molar refractivity (Wildman–Crippen MR) is 82.5 cm³/mol. The van der Waals surface area contributed by atoms with Crippen LogP contribution in [0.2, 0.25) is 0 Å². The summed E-state index contributed by atoms with van der Waals surface area (Å²) in [6.07, 6.45) is 1.58. The van der Waals surface area contributed by atoms with Crippen LogP contribution >= 0.6 is 0 Å². The first-order chi connectivity index (χ1) is 10.2. The van der Waals surface area contributed by atoms with E-state index in [0.717, 1.165) is 12.1 Å². The molecule has 0 spiro atoms. The third-order valence-corrected chi connectivity index (χ3v) is 5.83. The monoisotopic (exact) mass is 332 g/mol. The van der Waals surface area contributed by atoms with E-state index in [0.29, 0.717) is 19.3 Å². The molecule has 6 heteroatoms. The number of carbonyl (C=O) groups is 1. The fraction of sp³-hybridized carbons (Fsp3) is 0.562. The van der Waals surface area contributed by atoms with Gasteiger partial charge in [0.05, 0.1) is 11.0 Å². The molecule has 0 saturated heterocycles. The molecule has 0 amide bonds. The van der Waals surface area contributed by atoms with Crippen molar-refractivity contribution in [2.24, 2.45) is 0 Å². The highest BCUT2D eigenvalue weighted by Gasteiger charge is 2.16. The molecular weight excluding hydrogens is 310 g/mol. The predicted octanol–water partition coefficient (Wildman–Crippen LogP) is 3.46. The van der Waals surface area contributed by atoms with Gasteiger partial charge in [-0.3, -0.25) is 4.79 Å². The Morgan fingerprint density at radius 2 is 1.68 bits per heavy atom. The first-order valence-electron chi connectivity index (χ1n) is 7.40. The van der Waals surface area contributed by atoms with E-state index in [9.17, 15) is 22.0 Å². The largest absolute Gasteiger partial charge is 0.299 e. The van der Waals surface area contributed by atoms with E-state index in [2.05, 4.69) is 0 Å². The highest BCUT2D eigenvalue weighted by Crippen LogP contribution is 2.15. The summed E-state index contributed by atoms with van der Waals surface area (Å²) >= 11 is 0. The highest BCUT2D eigenvalue weighted by atomic mass is 32.2. The maximum Gasteiger partial charge on any atom is 0.152 e. The van der Waals surface area contributed by atoms with Crippen molar-refractivity contribution in [1.29, 1.82) is 0 Å². The highest BCUT2D eigenvalue weighted by molar-refractivity contribution is 7.91. The Balaban J connectivity index is 2.33. The SMILES string of the molecule is CC(C)S(=O)(=O)CCCCCC(=O)Cc1c(F)cccc1F. The summed E-state index contributed by atoms with van der Waals surface area (Å²) in [5.41, 5.74) is -0.199. The number of hydrogen-bond acceptors (Lipinski definition) is 3. The molecular formula is C16H22F2O3S. The molecule has 0 N–H and O–H groups in total. The van der Waals surface area contributed by atoms with E-state index in [-0.39, 0.29) is 29.9 Å². The van der Waals surface area contributed by atoms with Gasteiger partial charge >= 0.3 is 0 Å². The van der Waals surface area contributed by atoms with Crippen LogP contribution in [0, 0.1) is 11.6 Å². The van der Waals surface area contributed by atoms with Crippen molar-refractivity contribution >= 4 is 15.6 Å². The molecule has 0 bridgehead atoms. The fourth-order valence-electron chi connectivity index (χ4n) is 2.02. The second-order valence-corrected chi connectivity index (χ2v) is 8.32. The molecule has 0 saturated carbocycles. The smallest absolute Gasteiger partial charge is 0.152 e. The lowest BCUT2D eigenvalue weighted by atomic mass is 10.0. The summed E-state index contributed by atoms with van der Waals surface area (Å²) in [7, 11) is -3.04. The van der Waals surface area contributed by atoms with E-state index >= 15 is 0 Å². The van der Waals surface area contributed by atoms with Gasteiger partial charge in [-0.05, 0) is 38.8 Å². The van der Waals surface area contributed by atoms with Crippen LogP contribution in [0.15, 0.2) is 18.2 Å². The van der Waals surface area contributed by atoms with E-state index in [4.69, 9.17) is 0 Å². The molecule has 1 aromatic carbocycles. The van der Waals surface area contributed by atoms with Crippen molar-refractivity contribution in [2.45, 2.75) is 51.2 Å². The molecule has 0 radical (unpaired) electrons. The minimum atomic E-state index is -3.04. The molecule has 0 heterocycles. The molecule has 0 aromatic heterocycles. The van der Waals surface area contributed by atoms with Crippen molar-refractivity contribution in [2.75, 3.05) is 5.75 Å². The van der Waals surface area contributed by atoms with E-state index in [1.165, 1.54) is 6.07 Å². The molecule has 3 nitrogen and oxygen atoms in total. The second-order valence-electron chi connectivity index (χ2n) is 5.64. The van der Waals surface area contributed by atoms with Gasteiger partial charge < -0.3 is 0 Å². The standard InChI is InChI=1S/C16H22F2O3S/c1-12(2)22(20,21)10-5-3-4-7-13(19)11-14-15(17)8-6-9-16(14)18/h6,8-9,12H,3-5,7,10-11H2,1-2H3. The quantitative estimate of drug-likeness (QED) is 0.651. The van der Waals surface area contributed by atoms with Gasteiger partial charge in [-0.2, -0.15) is 0 Å². The molecule has 0 aliphatic heterocycles. The molecule has 0 aliphatic carbocycles. The van der Waals surface area contributed by atoms with Crippen molar-refractivity contribution in [1.82, 2.24) is 0 Å². The summed E-state index contributed by atoms with van der Waals surface area (Å²) < 4.78 is 50.0. The molecule has 22 heavy (non-hydrogen) atoms. The number of rotatable bonds is 9. The van der Waals surface area contributed by atoms with Crippen LogP contribution in [-0.2, 0) is 21.1 Å². The summed E-state index contributed by atoms with van der Waals surface area (Å²) in [6.45, 7) is 3.28. The first kappa shape index (κ1) is 18.7. The topological polar surface area (TPSA) is 51.2 Å². The van der Waals surface area contributed by atoms with Crippen LogP contribution in [0.25, 0.3) is 0 Å². The number of unbranched alkanes of at least 4 members (excludes halogenated alkanes) is 2. The Kier molecular flexibility index (Phi) is 7.13. The van der Waals surface area contributed by atoms with Gasteiger partial charge in [-0.25, -0.2) is 17.2 Å². The number of benzene rings is 1. The number of halogens is 2. The number of ketones is 1. The average Bonchev–Trinajstić information content (AvgIpc) is 2.42. The zero-order chi connectivity index (χ0) is 16.8. The van der Waals surface area contributed by atoms with E-state index in [1.54, 1.807) is 13.8 Å². The van der Waals surface area contributed by atoms with Crippen molar-refractivity contribution in [3.05, 3.63) is 35.4 Å². The van der Waals surface area contributed by atoms with Crippen LogP contribution in [-0.4, -0.2) is 25.2 Å². The van der Waals surface area contributed by atoms with E-state index in [1.807, 2.05) is 0 Å². The van der Waals surface area contributed by atoms with Crippen LogP contribution in [0.5, 0.6) is 0 Å². The first-order valence-corrected chi connectivity index (χ1v) is 9.11. The summed E-state index contributed by atoms with van der Waals surface area (Å²) in [4.78, 5) is 11.7. The van der Waals surface area contributed by atoms with Crippen LogP contribution in [0.1, 0.15) is 45.1 Å². The van der Waals surface area contributed by atoms with Gasteiger partial charge in [0.2, 0.25) is 0 Å². The Hall–Kier alpha value is -1.30. The van der Waals surface area contributed by atoms with Crippen LogP contribution in [0.3, 0.4) is 0 Å². The van der Waals surface area contributed by atoms with Gasteiger partial charge in [0.1, 0.15) is 17.4 Å². The Morgan fingerprint density at radius 3 is 2.23 bits per heavy atom. The van der Waals surface area contributed by atoms with Crippen LogP contribution in [0.4, 0.5) is 8.78 Å². The summed E-state index contributed by atoms with van der Waals surface area (Å²) in [6, 6.07) is 3.51. The van der Waals surface area contributed by atoms with Gasteiger partial charge in [-0.1, -0.05) is 12.5 Å². The van der Waals surface area contributed by atoms with Gasteiger partial charge in [0, 0.05) is 18.4 Å². The fourth-order valence-corrected chi connectivity index (χ4v) is 3.10. The third kappa shape index (κ3) is 5.83. The number of sulfone groups is 1. The van der Waals surface area contributed by atoms with Crippen molar-refractivity contribution in [3.63, 3.8) is 0 Å². The summed E-state index contributed by atoms with van der Waals surface area (Å²) in [5, 5.41) is -0.391. The lowest BCUT2D eigenvalue weighted by Crippen LogP contribution is -2.17. The lowest BCUT2D eigenvalue weighted by molar-refractivity contribution is -0.118.